The van der Waals surface area contributed by atoms with E-state index in [2.05, 4.69) is 20.9 Å². The van der Waals surface area contributed by atoms with Gasteiger partial charge in [0, 0.05) is 41.9 Å². The molecule has 0 atom stereocenters. The minimum absolute atomic E-state index is 0.155. The maximum absolute atomic E-state index is 12.1. The van der Waals surface area contributed by atoms with Gasteiger partial charge in [0.15, 0.2) is 17.5 Å². The molecule has 0 fully saturated rings. The predicted octanol–water partition coefficient (Wildman–Crippen LogP) is 3.31. The van der Waals surface area contributed by atoms with Crippen LogP contribution < -0.4 is 25.4 Å². The molecule has 2 aromatic carbocycles. The van der Waals surface area contributed by atoms with Crippen LogP contribution in [0, 0.1) is 0 Å². The highest BCUT2D eigenvalue weighted by atomic mass is 35.5. The van der Waals surface area contributed by atoms with Gasteiger partial charge in [0.25, 0.3) is 5.91 Å². The highest BCUT2D eigenvalue weighted by Gasteiger charge is 2.11. The van der Waals surface area contributed by atoms with Crippen molar-refractivity contribution in [3.05, 3.63) is 53.1 Å². The molecule has 3 N–H and O–H groups in total. The van der Waals surface area contributed by atoms with Crippen LogP contribution in [0.3, 0.4) is 0 Å². The van der Waals surface area contributed by atoms with Crippen molar-refractivity contribution in [3.63, 3.8) is 0 Å². The van der Waals surface area contributed by atoms with E-state index in [1.807, 2.05) is 25.1 Å². The van der Waals surface area contributed by atoms with Crippen molar-refractivity contribution < 1.29 is 14.3 Å². The topological polar surface area (TPSA) is 84.0 Å². The van der Waals surface area contributed by atoms with Crippen LogP contribution in [0.1, 0.15) is 23.7 Å². The number of ether oxygens (including phenoxy) is 2. The lowest BCUT2D eigenvalue weighted by Gasteiger charge is -2.14. The van der Waals surface area contributed by atoms with E-state index in [-0.39, 0.29) is 5.91 Å². The highest BCUT2D eigenvalue weighted by Crippen LogP contribution is 2.32. The number of rotatable bonds is 6. The molecule has 7 nitrogen and oxygen atoms in total. The van der Waals surface area contributed by atoms with E-state index in [1.54, 1.807) is 24.3 Å². The van der Waals surface area contributed by atoms with Crippen LogP contribution in [0.15, 0.2) is 47.5 Å². The average Bonchev–Trinajstić information content (AvgIpc) is 2.96. The van der Waals surface area contributed by atoms with Gasteiger partial charge in [-0.2, -0.15) is 0 Å². The van der Waals surface area contributed by atoms with E-state index < -0.39 is 0 Å². The molecule has 0 aliphatic carbocycles. The molecule has 154 valence electrons. The number of hydrogen-bond acceptors (Lipinski definition) is 4. The molecule has 3 rings (SSSR count). The maximum atomic E-state index is 12.1. The number of amides is 1. The molecule has 0 unspecified atom stereocenters. The number of guanidine groups is 1. The SMILES string of the molecule is CCNC(=NCCNC(=O)c1ccc(Cl)cc1)Nc1ccc2c(c1)OCCCO2. The number of hydrogen-bond donors (Lipinski definition) is 3. The Morgan fingerprint density at radius 2 is 1.83 bits per heavy atom. The first kappa shape index (κ1) is 20.8. The number of fused-ring (bicyclic) bond motifs is 1. The normalized spacial score (nSPS) is 13.4. The van der Waals surface area contributed by atoms with Gasteiger partial charge in [-0.3, -0.25) is 9.79 Å². The molecule has 8 heteroatoms. The number of halogens is 1. The number of benzene rings is 2. The minimum Gasteiger partial charge on any atom is -0.490 e. The summed E-state index contributed by atoms with van der Waals surface area (Å²) in [5, 5.41) is 9.89. The molecule has 0 bridgehead atoms. The van der Waals surface area contributed by atoms with Crippen molar-refractivity contribution in [2.75, 3.05) is 38.2 Å². The number of anilines is 1. The molecule has 2 aromatic rings. The monoisotopic (exact) mass is 416 g/mol. The first-order chi connectivity index (χ1) is 14.2. The van der Waals surface area contributed by atoms with Gasteiger partial charge in [-0.15, -0.1) is 0 Å². The predicted molar refractivity (Wildman–Crippen MR) is 115 cm³/mol. The summed E-state index contributed by atoms with van der Waals surface area (Å²) in [6, 6.07) is 12.5. The number of carbonyl (C=O) groups excluding carboxylic acids is 1. The van der Waals surface area contributed by atoms with E-state index in [0.717, 1.165) is 23.6 Å². The lowest BCUT2D eigenvalue weighted by Crippen LogP contribution is -2.32. The first-order valence-electron chi connectivity index (χ1n) is 9.64. The van der Waals surface area contributed by atoms with Crippen LogP contribution >= 0.6 is 11.6 Å². The molecule has 0 saturated carbocycles. The molecule has 1 aliphatic heterocycles. The fourth-order valence-corrected chi connectivity index (χ4v) is 2.85. The van der Waals surface area contributed by atoms with Crippen molar-refractivity contribution >= 4 is 29.2 Å². The van der Waals surface area contributed by atoms with Crippen LogP contribution in [-0.2, 0) is 0 Å². The summed E-state index contributed by atoms with van der Waals surface area (Å²) >= 11 is 5.84. The summed E-state index contributed by atoms with van der Waals surface area (Å²) in [5.74, 6) is 1.94. The second kappa shape index (κ2) is 10.6. The van der Waals surface area contributed by atoms with Crippen LogP contribution in [-0.4, -0.2) is 44.7 Å². The molecule has 0 saturated heterocycles. The Kier molecular flexibility index (Phi) is 7.58. The van der Waals surface area contributed by atoms with Crippen LogP contribution in [0.2, 0.25) is 5.02 Å². The third-order valence-corrected chi connectivity index (χ3v) is 4.38. The van der Waals surface area contributed by atoms with E-state index in [0.29, 0.717) is 49.4 Å². The van der Waals surface area contributed by atoms with E-state index in [9.17, 15) is 4.79 Å². The molecule has 1 amide bonds. The van der Waals surface area contributed by atoms with E-state index >= 15 is 0 Å². The van der Waals surface area contributed by atoms with Crippen LogP contribution in [0.4, 0.5) is 5.69 Å². The highest BCUT2D eigenvalue weighted by molar-refractivity contribution is 6.30. The van der Waals surface area contributed by atoms with E-state index in [1.165, 1.54) is 0 Å². The average molecular weight is 417 g/mol. The third-order valence-electron chi connectivity index (χ3n) is 4.13. The Morgan fingerprint density at radius 3 is 2.59 bits per heavy atom. The molecule has 29 heavy (non-hydrogen) atoms. The Labute approximate surface area is 175 Å². The van der Waals surface area contributed by atoms with Gasteiger partial charge in [0.05, 0.1) is 19.8 Å². The largest absolute Gasteiger partial charge is 0.490 e. The molecule has 0 radical (unpaired) electrons. The van der Waals surface area contributed by atoms with Gasteiger partial charge < -0.3 is 25.4 Å². The number of nitrogens with one attached hydrogen (secondary N) is 3. The number of carbonyl (C=O) groups is 1. The van der Waals surface area contributed by atoms with Crippen LogP contribution in [0.25, 0.3) is 0 Å². The van der Waals surface area contributed by atoms with Crippen molar-refractivity contribution in [2.45, 2.75) is 13.3 Å². The quantitative estimate of drug-likeness (QED) is 0.382. The second-order valence-corrected chi connectivity index (χ2v) is 6.80. The van der Waals surface area contributed by atoms with Gasteiger partial charge in [-0.05, 0) is 43.3 Å². The van der Waals surface area contributed by atoms with E-state index in [4.69, 9.17) is 21.1 Å². The molecule has 0 aromatic heterocycles. The standard InChI is InChI=1S/C21H25ClN4O3/c1-2-23-21(25-11-10-24-20(27)15-4-6-16(22)7-5-15)26-17-8-9-18-19(14-17)29-13-3-12-28-18/h4-9,14H,2-3,10-13H2,1H3,(H,24,27)(H2,23,25,26). The zero-order valence-electron chi connectivity index (χ0n) is 16.3. The zero-order valence-corrected chi connectivity index (χ0v) is 17.1. The number of nitrogens with zero attached hydrogens (tertiary/aromatic N) is 1. The summed E-state index contributed by atoms with van der Waals surface area (Å²) in [4.78, 5) is 16.6. The summed E-state index contributed by atoms with van der Waals surface area (Å²) in [5.41, 5.74) is 1.41. The van der Waals surface area contributed by atoms with Crippen LogP contribution in [0.5, 0.6) is 11.5 Å². The van der Waals surface area contributed by atoms with Gasteiger partial charge in [-0.25, -0.2) is 0 Å². The first-order valence-corrected chi connectivity index (χ1v) is 10.0. The molecule has 1 aliphatic rings. The van der Waals surface area contributed by atoms with Gasteiger partial charge in [0.2, 0.25) is 0 Å². The molecule has 0 spiro atoms. The zero-order chi connectivity index (χ0) is 20.5. The van der Waals surface area contributed by atoms with Gasteiger partial charge >= 0.3 is 0 Å². The Hall–Kier alpha value is -2.93. The smallest absolute Gasteiger partial charge is 0.251 e. The van der Waals surface area contributed by atoms with Crippen molar-refractivity contribution in [1.29, 1.82) is 0 Å². The van der Waals surface area contributed by atoms with Crippen molar-refractivity contribution in [3.8, 4) is 11.5 Å². The Bertz CT molecular complexity index is 856. The van der Waals surface area contributed by atoms with Gasteiger partial charge in [-0.1, -0.05) is 11.6 Å². The summed E-state index contributed by atoms with van der Waals surface area (Å²) in [7, 11) is 0. The summed E-state index contributed by atoms with van der Waals surface area (Å²) < 4.78 is 11.4. The lowest BCUT2D eigenvalue weighted by molar-refractivity contribution is 0.0955. The lowest BCUT2D eigenvalue weighted by atomic mass is 10.2. The fourth-order valence-electron chi connectivity index (χ4n) is 2.73. The Balaban J connectivity index is 1.55. The third kappa shape index (κ3) is 6.29. The Morgan fingerprint density at radius 1 is 1.07 bits per heavy atom. The van der Waals surface area contributed by atoms with Gasteiger partial charge in [0.1, 0.15) is 0 Å². The molecular weight excluding hydrogens is 392 g/mol. The van der Waals surface area contributed by atoms with Crippen molar-refractivity contribution in [1.82, 2.24) is 10.6 Å². The summed E-state index contributed by atoms with van der Waals surface area (Å²) in [6.07, 6.45) is 0.864. The molecular formula is C21H25ClN4O3. The fraction of sp³-hybridized carbons (Fsp3) is 0.333. The second-order valence-electron chi connectivity index (χ2n) is 6.36. The minimum atomic E-state index is -0.155. The molecule has 1 heterocycles. The summed E-state index contributed by atoms with van der Waals surface area (Å²) in [6.45, 7) is 4.85. The van der Waals surface area contributed by atoms with Crippen molar-refractivity contribution in [2.24, 2.45) is 4.99 Å². The maximum Gasteiger partial charge on any atom is 0.251 e. The number of aliphatic imine (C=N–C) groups is 1.